The number of rotatable bonds is 10. The lowest BCUT2D eigenvalue weighted by atomic mass is 10.0. The van der Waals surface area contributed by atoms with Crippen molar-refractivity contribution < 1.29 is 23.6 Å². The van der Waals surface area contributed by atoms with Crippen LogP contribution in [0, 0.1) is 0 Å². The molecule has 1 aliphatic rings. The van der Waals surface area contributed by atoms with Gasteiger partial charge in [-0.3, -0.25) is 9.69 Å². The van der Waals surface area contributed by atoms with E-state index in [2.05, 4.69) is 15.4 Å². The molecule has 2 aromatic carbocycles. The van der Waals surface area contributed by atoms with Crippen molar-refractivity contribution in [3.05, 3.63) is 89.3 Å². The van der Waals surface area contributed by atoms with Crippen molar-refractivity contribution >= 4 is 11.9 Å². The van der Waals surface area contributed by atoms with Gasteiger partial charge in [-0.05, 0) is 24.0 Å². The molecule has 0 bridgehead atoms. The predicted molar refractivity (Wildman–Crippen MR) is 125 cm³/mol. The molecule has 34 heavy (non-hydrogen) atoms. The average Bonchev–Trinajstić information content (AvgIpc) is 3.35. The van der Waals surface area contributed by atoms with E-state index in [1.807, 2.05) is 60.7 Å². The third-order valence-electron chi connectivity index (χ3n) is 5.65. The van der Waals surface area contributed by atoms with Crippen molar-refractivity contribution in [1.29, 1.82) is 0 Å². The van der Waals surface area contributed by atoms with Crippen LogP contribution in [0.15, 0.2) is 71.3 Å². The number of nitrogens with one attached hydrogen (secondary N) is 1. The van der Waals surface area contributed by atoms with Crippen molar-refractivity contribution in [2.75, 3.05) is 26.3 Å². The molecule has 4 rings (SSSR count). The maximum atomic E-state index is 12.9. The molecule has 0 saturated carbocycles. The predicted octanol–water partition coefficient (Wildman–Crippen LogP) is 2.98. The first kappa shape index (κ1) is 23.7. The minimum absolute atomic E-state index is 0.142. The number of amides is 1. The van der Waals surface area contributed by atoms with Gasteiger partial charge in [0.05, 0.1) is 19.8 Å². The summed E-state index contributed by atoms with van der Waals surface area (Å²) >= 11 is 0. The fraction of sp³-hybridized carbons (Fsp3) is 0.346. The van der Waals surface area contributed by atoms with Gasteiger partial charge in [0, 0.05) is 19.2 Å². The van der Waals surface area contributed by atoms with Crippen LogP contribution in [0.4, 0.5) is 0 Å². The van der Waals surface area contributed by atoms with Gasteiger partial charge in [-0.1, -0.05) is 65.8 Å². The Morgan fingerprint density at radius 1 is 1.00 bits per heavy atom. The monoisotopic (exact) mass is 463 g/mol. The Morgan fingerprint density at radius 2 is 1.68 bits per heavy atom. The van der Waals surface area contributed by atoms with E-state index in [0.717, 1.165) is 24.2 Å². The molecule has 8 heteroatoms. The number of hydrogen-bond donors (Lipinski definition) is 1. The lowest BCUT2D eigenvalue weighted by Gasteiger charge is -2.25. The Kier molecular flexibility index (Phi) is 8.43. The zero-order valence-corrected chi connectivity index (χ0v) is 19.0. The largest absolute Gasteiger partial charge is 0.459 e. The third kappa shape index (κ3) is 7.00. The number of nitrogens with zero attached hydrogens (tertiary/aromatic N) is 2. The zero-order valence-electron chi connectivity index (χ0n) is 19.0. The molecule has 8 nitrogen and oxygen atoms in total. The molecule has 1 saturated heterocycles. The van der Waals surface area contributed by atoms with Gasteiger partial charge in [-0.2, -0.15) is 0 Å². The topological polar surface area (TPSA) is 93.9 Å². The molecule has 1 aliphatic heterocycles. The number of ether oxygens (including phenoxy) is 2. The fourth-order valence-electron chi connectivity index (χ4n) is 3.74. The summed E-state index contributed by atoms with van der Waals surface area (Å²) in [5.41, 5.74) is 2.10. The maximum absolute atomic E-state index is 12.9. The molecule has 0 unspecified atom stereocenters. The summed E-state index contributed by atoms with van der Waals surface area (Å²) < 4.78 is 16.2. The normalized spacial score (nSPS) is 14.9. The fourth-order valence-corrected chi connectivity index (χ4v) is 3.74. The smallest absolute Gasteiger partial charge is 0.328 e. The van der Waals surface area contributed by atoms with Gasteiger partial charge in [0.1, 0.15) is 12.6 Å². The Labute approximate surface area is 198 Å². The van der Waals surface area contributed by atoms with Crippen molar-refractivity contribution in [3.8, 4) is 0 Å². The van der Waals surface area contributed by atoms with Crippen LogP contribution in [0.5, 0.6) is 0 Å². The van der Waals surface area contributed by atoms with Crippen LogP contribution in [0.3, 0.4) is 0 Å². The van der Waals surface area contributed by atoms with Crippen LogP contribution in [0.25, 0.3) is 0 Å². The molecule has 1 fully saturated rings. The molecular formula is C26H29N3O5. The molecule has 1 atom stereocenters. The highest BCUT2D eigenvalue weighted by Gasteiger charge is 2.25. The van der Waals surface area contributed by atoms with Gasteiger partial charge < -0.3 is 19.3 Å². The highest BCUT2D eigenvalue weighted by Crippen LogP contribution is 2.12. The second-order valence-corrected chi connectivity index (χ2v) is 8.21. The van der Waals surface area contributed by atoms with Gasteiger partial charge in [0.25, 0.3) is 5.91 Å². The SMILES string of the molecule is O=C(N[C@@H](CCc1ccccc1)C(=O)OCc1ccccc1)c1cc(CN2CCOCC2)on1. The Hall–Kier alpha value is -3.49. The van der Waals surface area contributed by atoms with Gasteiger partial charge in [0.15, 0.2) is 11.5 Å². The van der Waals surface area contributed by atoms with Crippen LogP contribution in [0.1, 0.15) is 33.8 Å². The Balaban J connectivity index is 1.38. The molecule has 0 aliphatic carbocycles. The van der Waals surface area contributed by atoms with Crippen molar-refractivity contribution in [1.82, 2.24) is 15.4 Å². The highest BCUT2D eigenvalue weighted by atomic mass is 16.5. The van der Waals surface area contributed by atoms with E-state index in [4.69, 9.17) is 14.0 Å². The first-order chi connectivity index (χ1) is 16.7. The van der Waals surface area contributed by atoms with E-state index in [-0.39, 0.29) is 12.3 Å². The van der Waals surface area contributed by atoms with Crippen LogP contribution in [-0.4, -0.2) is 54.3 Å². The summed E-state index contributed by atoms with van der Waals surface area (Å²) in [6.07, 6.45) is 1.02. The van der Waals surface area contributed by atoms with E-state index in [0.29, 0.717) is 38.4 Å². The van der Waals surface area contributed by atoms with Crippen molar-refractivity contribution in [3.63, 3.8) is 0 Å². The van der Waals surface area contributed by atoms with Gasteiger partial charge in [-0.25, -0.2) is 4.79 Å². The number of carbonyl (C=O) groups is 2. The van der Waals surface area contributed by atoms with E-state index in [1.54, 1.807) is 6.07 Å². The van der Waals surface area contributed by atoms with E-state index in [9.17, 15) is 9.59 Å². The Bertz CT molecular complexity index is 1050. The number of hydrogen-bond acceptors (Lipinski definition) is 7. The second-order valence-electron chi connectivity index (χ2n) is 8.21. The first-order valence-corrected chi connectivity index (χ1v) is 11.5. The number of aryl methyl sites for hydroxylation is 1. The summed E-state index contributed by atoms with van der Waals surface area (Å²) in [6.45, 7) is 3.66. The lowest BCUT2D eigenvalue weighted by Crippen LogP contribution is -2.42. The standard InChI is InChI=1S/C26H29N3O5/c30-25(24-17-22(34-28-24)18-29-13-15-32-16-14-29)27-23(12-11-20-7-3-1-4-8-20)26(31)33-19-21-9-5-2-6-10-21/h1-10,17,23H,11-16,18-19H2,(H,27,30)/t23-/m0/s1. The van der Waals surface area contributed by atoms with E-state index in [1.165, 1.54) is 0 Å². The number of aromatic nitrogens is 1. The Morgan fingerprint density at radius 3 is 2.38 bits per heavy atom. The van der Waals surface area contributed by atoms with Gasteiger partial charge in [0.2, 0.25) is 0 Å². The van der Waals surface area contributed by atoms with Crippen LogP contribution in [-0.2, 0) is 33.8 Å². The number of esters is 1. The highest BCUT2D eigenvalue weighted by molar-refractivity contribution is 5.95. The molecule has 0 spiro atoms. The number of carbonyl (C=O) groups excluding carboxylic acids is 2. The van der Waals surface area contributed by atoms with Crippen LogP contribution in [0.2, 0.25) is 0 Å². The van der Waals surface area contributed by atoms with E-state index >= 15 is 0 Å². The van der Waals surface area contributed by atoms with Gasteiger partial charge in [-0.15, -0.1) is 0 Å². The second kappa shape index (κ2) is 12.1. The average molecular weight is 464 g/mol. The molecule has 1 amide bonds. The zero-order chi connectivity index (χ0) is 23.6. The summed E-state index contributed by atoms with van der Waals surface area (Å²) in [7, 11) is 0. The van der Waals surface area contributed by atoms with Crippen molar-refractivity contribution in [2.45, 2.75) is 32.0 Å². The minimum Gasteiger partial charge on any atom is -0.459 e. The molecular weight excluding hydrogens is 434 g/mol. The quantitative estimate of drug-likeness (QED) is 0.462. The first-order valence-electron chi connectivity index (χ1n) is 11.5. The number of morpholine rings is 1. The summed E-state index contributed by atoms with van der Waals surface area (Å²) in [5.74, 6) is -0.351. The maximum Gasteiger partial charge on any atom is 0.328 e. The molecule has 1 aromatic heterocycles. The molecule has 2 heterocycles. The third-order valence-corrected chi connectivity index (χ3v) is 5.65. The minimum atomic E-state index is -0.809. The molecule has 178 valence electrons. The molecule has 1 N–H and O–H groups in total. The summed E-state index contributed by atoms with van der Waals surface area (Å²) in [5, 5.41) is 6.70. The van der Waals surface area contributed by atoms with Gasteiger partial charge >= 0.3 is 5.97 Å². The number of benzene rings is 2. The lowest BCUT2D eigenvalue weighted by molar-refractivity contribution is -0.147. The summed E-state index contributed by atoms with van der Waals surface area (Å²) in [6, 6.07) is 20.1. The molecule has 3 aromatic rings. The van der Waals surface area contributed by atoms with Crippen LogP contribution < -0.4 is 5.32 Å². The summed E-state index contributed by atoms with van der Waals surface area (Å²) in [4.78, 5) is 27.9. The van der Waals surface area contributed by atoms with Crippen LogP contribution >= 0.6 is 0 Å². The van der Waals surface area contributed by atoms with Crippen molar-refractivity contribution in [2.24, 2.45) is 0 Å². The van der Waals surface area contributed by atoms with E-state index < -0.39 is 17.9 Å². The molecule has 0 radical (unpaired) electrons.